The van der Waals surface area contributed by atoms with Crippen molar-refractivity contribution < 1.29 is 0 Å². The number of aliphatic imine (C=N–C) groups is 1. The summed E-state index contributed by atoms with van der Waals surface area (Å²) in [5, 5.41) is 6.72. The molecule has 0 saturated carbocycles. The summed E-state index contributed by atoms with van der Waals surface area (Å²) < 4.78 is 0. The van der Waals surface area contributed by atoms with Crippen molar-refractivity contribution in [3.63, 3.8) is 0 Å². The molecule has 0 aliphatic carbocycles. The molecule has 0 fully saturated rings. The first kappa shape index (κ1) is 21.4. The molecule has 0 aliphatic heterocycles. The number of pyridine rings is 1. The highest BCUT2D eigenvalue weighted by Gasteiger charge is 2.00. The minimum absolute atomic E-state index is 0. The Labute approximate surface area is 168 Å². The Hall–Kier alpha value is -1.63. The predicted octanol–water partition coefficient (Wildman–Crippen LogP) is 3.74. The molecule has 1 heterocycles. The van der Waals surface area contributed by atoms with E-state index in [0.717, 1.165) is 44.9 Å². The molecule has 0 saturated heterocycles. The van der Waals surface area contributed by atoms with Gasteiger partial charge in [0.2, 0.25) is 0 Å². The van der Waals surface area contributed by atoms with E-state index in [-0.39, 0.29) is 24.0 Å². The van der Waals surface area contributed by atoms with Crippen LogP contribution in [0.15, 0.2) is 53.8 Å². The van der Waals surface area contributed by atoms with Crippen molar-refractivity contribution in [1.82, 2.24) is 15.6 Å². The first-order valence-corrected chi connectivity index (χ1v) is 8.75. The Kier molecular flexibility index (Phi) is 10.9. The highest BCUT2D eigenvalue weighted by Crippen LogP contribution is 2.05. The number of aryl methyl sites for hydroxylation is 2. The van der Waals surface area contributed by atoms with Crippen LogP contribution >= 0.6 is 24.0 Å². The van der Waals surface area contributed by atoms with Gasteiger partial charge >= 0.3 is 0 Å². The molecule has 1 aromatic heterocycles. The van der Waals surface area contributed by atoms with Crippen LogP contribution in [0.2, 0.25) is 0 Å². The van der Waals surface area contributed by atoms with E-state index in [1.165, 1.54) is 16.7 Å². The molecule has 136 valence electrons. The quantitative estimate of drug-likeness (QED) is 0.278. The largest absolute Gasteiger partial charge is 0.357 e. The Balaban J connectivity index is 0.00000312. The van der Waals surface area contributed by atoms with Crippen LogP contribution in [0, 0.1) is 6.92 Å². The van der Waals surface area contributed by atoms with Gasteiger partial charge in [0, 0.05) is 32.0 Å². The number of rotatable bonds is 8. The molecule has 2 rings (SSSR count). The average Bonchev–Trinajstić information content (AvgIpc) is 2.61. The second-order valence-corrected chi connectivity index (χ2v) is 5.83. The highest BCUT2D eigenvalue weighted by molar-refractivity contribution is 14.0. The first-order chi connectivity index (χ1) is 11.8. The molecule has 2 N–H and O–H groups in total. The van der Waals surface area contributed by atoms with Crippen LogP contribution in [-0.2, 0) is 12.8 Å². The normalized spacial score (nSPS) is 10.9. The van der Waals surface area contributed by atoms with Crippen LogP contribution in [0.1, 0.15) is 30.0 Å². The third-order valence-corrected chi connectivity index (χ3v) is 3.90. The number of guanidine groups is 1. The number of benzene rings is 1. The fraction of sp³-hybridized carbons (Fsp3) is 0.400. The van der Waals surface area contributed by atoms with Crippen molar-refractivity contribution in [2.24, 2.45) is 4.99 Å². The number of halogens is 1. The summed E-state index contributed by atoms with van der Waals surface area (Å²) in [6.45, 7) is 6.77. The molecule has 0 radical (unpaired) electrons. The summed E-state index contributed by atoms with van der Waals surface area (Å²) in [4.78, 5) is 8.80. The van der Waals surface area contributed by atoms with Gasteiger partial charge in [0.25, 0.3) is 0 Å². The second-order valence-electron chi connectivity index (χ2n) is 5.83. The maximum Gasteiger partial charge on any atom is 0.191 e. The third-order valence-electron chi connectivity index (χ3n) is 3.90. The minimum atomic E-state index is 0. The molecule has 0 bridgehead atoms. The van der Waals surface area contributed by atoms with Gasteiger partial charge < -0.3 is 10.6 Å². The Morgan fingerprint density at radius 2 is 1.88 bits per heavy atom. The van der Waals surface area contributed by atoms with Crippen LogP contribution in [-0.4, -0.2) is 30.6 Å². The Morgan fingerprint density at radius 3 is 2.60 bits per heavy atom. The fourth-order valence-corrected chi connectivity index (χ4v) is 2.56. The number of hydrogen-bond acceptors (Lipinski definition) is 2. The molecule has 0 unspecified atom stereocenters. The zero-order chi connectivity index (χ0) is 17.0. The van der Waals surface area contributed by atoms with Crippen LogP contribution in [0.25, 0.3) is 0 Å². The van der Waals surface area contributed by atoms with Crippen LogP contribution in [0.4, 0.5) is 0 Å². The van der Waals surface area contributed by atoms with E-state index in [4.69, 9.17) is 0 Å². The van der Waals surface area contributed by atoms with Gasteiger partial charge in [-0.25, -0.2) is 0 Å². The summed E-state index contributed by atoms with van der Waals surface area (Å²) in [6, 6.07) is 12.7. The van der Waals surface area contributed by atoms with E-state index >= 15 is 0 Å². The minimum Gasteiger partial charge on any atom is -0.357 e. The van der Waals surface area contributed by atoms with Gasteiger partial charge in [-0.15, -0.1) is 24.0 Å². The van der Waals surface area contributed by atoms with E-state index < -0.39 is 0 Å². The standard InChI is InChI=1S/C20H28N4.HI/c1-3-22-20(23-13-7-10-18-8-5-4-6-9-18)24-15-12-19-11-14-21-16-17(19)2;/h4-6,8-9,11,14,16H,3,7,10,12-13,15H2,1-2H3,(H2,22,23,24);1H. The van der Waals surface area contributed by atoms with Crippen molar-refractivity contribution in [1.29, 1.82) is 0 Å². The van der Waals surface area contributed by atoms with E-state index in [0.29, 0.717) is 0 Å². The first-order valence-electron chi connectivity index (χ1n) is 8.75. The Morgan fingerprint density at radius 1 is 1.08 bits per heavy atom. The monoisotopic (exact) mass is 452 g/mol. The van der Waals surface area contributed by atoms with E-state index in [9.17, 15) is 0 Å². The van der Waals surface area contributed by atoms with Gasteiger partial charge in [-0.3, -0.25) is 9.98 Å². The summed E-state index contributed by atoms with van der Waals surface area (Å²) in [7, 11) is 0. The smallest absolute Gasteiger partial charge is 0.191 e. The van der Waals surface area contributed by atoms with Crippen molar-refractivity contribution >= 4 is 29.9 Å². The lowest BCUT2D eigenvalue weighted by atomic mass is 10.1. The molecule has 0 aliphatic rings. The SMILES string of the molecule is CCNC(=NCCCc1ccccc1)NCCc1ccncc1C.I. The van der Waals surface area contributed by atoms with E-state index in [2.05, 4.69) is 70.9 Å². The maximum atomic E-state index is 4.66. The van der Waals surface area contributed by atoms with Crippen LogP contribution in [0.3, 0.4) is 0 Å². The lowest BCUT2D eigenvalue weighted by molar-refractivity contribution is 0.775. The predicted molar refractivity (Wildman–Crippen MR) is 117 cm³/mol. The van der Waals surface area contributed by atoms with Gasteiger partial charge in [0.1, 0.15) is 0 Å². The summed E-state index contributed by atoms with van der Waals surface area (Å²) in [5.74, 6) is 0.900. The van der Waals surface area contributed by atoms with Crippen molar-refractivity contribution in [3.05, 3.63) is 65.5 Å². The van der Waals surface area contributed by atoms with Crippen LogP contribution in [0.5, 0.6) is 0 Å². The zero-order valence-electron chi connectivity index (χ0n) is 15.2. The van der Waals surface area contributed by atoms with Crippen LogP contribution < -0.4 is 10.6 Å². The molecule has 0 atom stereocenters. The lowest BCUT2D eigenvalue weighted by Gasteiger charge is -2.12. The average molecular weight is 452 g/mol. The topological polar surface area (TPSA) is 49.3 Å². The highest BCUT2D eigenvalue weighted by atomic mass is 127. The zero-order valence-corrected chi connectivity index (χ0v) is 17.5. The van der Waals surface area contributed by atoms with Gasteiger partial charge in [-0.1, -0.05) is 30.3 Å². The molecule has 5 heteroatoms. The number of nitrogens with zero attached hydrogens (tertiary/aromatic N) is 2. The van der Waals surface area contributed by atoms with E-state index in [1.54, 1.807) is 0 Å². The molecular formula is C20H29IN4. The molecule has 0 amide bonds. The number of hydrogen-bond donors (Lipinski definition) is 2. The fourth-order valence-electron chi connectivity index (χ4n) is 2.56. The van der Waals surface area contributed by atoms with Crippen molar-refractivity contribution in [2.45, 2.75) is 33.1 Å². The summed E-state index contributed by atoms with van der Waals surface area (Å²) in [6.07, 6.45) is 6.87. The van der Waals surface area contributed by atoms with Crippen molar-refractivity contribution in [3.8, 4) is 0 Å². The van der Waals surface area contributed by atoms with Gasteiger partial charge in [0.15, 0.2) is 5.96 Å². The third kappa shape index (κ3) is 8.34. The van der Waals surface area contributed by atoms with E-state index in [1.807, 2.05) is 12.4 Å². The van der Waals surface area contributed by atoms with Crippen molar-refractivity contribution in [2.75, 3.05) is 19.6 Å². The molecule has 2 aromatic rings. The molecular weight excluding hydrogens is 423 g/mol. The molecule has 0 spiro atoms. The van der Waals surface area contributed by atoms with Gasteiger partial charge in [-0.05, 0) is 55.9 Å². The lowest BCUT2D eigenvalue weighted by Crippen LogP contribution is -2.38. The maximum absolute atomic E-state index is 4.66. The van der Waals surface area contributed by atoms with Gasteiger partial charge in [-0.2, -0.15) is 0 Å². The summed E-state index contributed by atoms with van der Waals surface area (Å²) in [5.41, 5.74) is 3.94. The summed E-state index contributed by atoms with van der Waals surface area (Å²) >= 11 is 0. The number of nitrogens with one attached hydrogen (secondary N) is 2. The molecule has 1 aromatic carbocycles. The molecule has 25 heavy (non-hydrogen) atoms. The van der Waals surface area contributed by atoms with Gasteiger partial charge in [0.05, 0.1) is 0 Å². The Bertz CT molecular complexity index is 629. The number of aromatic nitrogens is 1. The second kappa shape index (κ2) is 12.7. The molecule has 4 nitrogen and oxygen atoms in total.